The van der Waals surface area contributed by atoms with Crippen molar-refractivity contribution in [3.63, 3.8) is 0 Å². The summed E-state index contributed by atoms with van der Waals surface area (Å²) in [6.45, 7) is 15.2. The number of allylic oxidation sites excluding steroid dienone is 2. The van der Waals surface area contributed by atoms with Gasteiger partial charge in [0.25, 0.3) is 5.91 Å². The molecule has 0 saturated heterocycles. The Hall–Kier alpha value is -3.67. The van der Waals surface area contributed by atoms with Crippen molar-refractivity contribution in [1.29, 1.82) is 5.41 Å². The van der Waals surface area contributed by atoms with Crippen LogP contribution in [0.3, 0.4) is 0 Å². The summed E-state index contributed by atoms with van der Waals surface area (Å²) in [4.78, 5) is 13.5. The van der Waals surface area contributed by atoms with Gasteiger partial charge >= 0.3 is 0 Å². The third-order valence-corrected chi connectivity index (χ3v) is 6.71. The third-order valence-electron chi connectivity index (χ3n) is 6.71. The van der Waals surface area contributed by atoms with Crippen LogP contribution in [0.25, 0.3) is 0 Å². The normalized spacial score (nSPS) is 18.8. The van der Waals surface area contributed by atoms with Crippen LogP contribution < -0.4 is 32.1 Å². The van der Waals surface area contributed by atoms with Gasteiger partial charge in [-0.15, -0.1) is 5.53 Å². The van der Waals surface area contributed by atoms with Crippen molar-refractivity contribution in [3.05, 3.63) is 53.0 Å². The van der Waals surface area contributed by atoms with E-state index in [0.717, 1.165) is 17.6 Å². The van der Waals surface area contributed by atoms with Crippen LogP contribution in [0, 0.1) is 16.7 Å². The summed E-state index contributed by atoms with van der Waals surface area (Å²) in [7, 11) is 1.52. The van der Waals surface area contributed by atoms with Crippen molar-refractivity contribution < 1.29 is 19.2 Å². The Morgan fingerprint density at radius 2 is 2.02 bits per heavy atom. The third kappa shape index (κ3) is 7.29. The second-order valence-electron chi connectivity index (χ2n) is 12.4. The highest BCUT2D eigenvalue weighted by atomic mass is 16.5. The van der Waals surface area contributed by atoms with Crippen LogP contribution in [0.5, 0.6) is 5.75 Å². The highest BCUT2D eigenvalue weighted by molar-refractivity contribution is 6.07. The van der Waals surface area contributed by atoms with Crippen LogP contribution in [-0.4, -0.2) is 53.2 Å². The standard InChI is InChI=1S/C29H44N8O3/c1-18-9-10-19(11-23(18)37-14-22(34-35-37)27(39)32-15-28(2,3)4)26(38)33-21-12-20(29(5,6)7)13-24(25(21)40-8)36(16-30)17-31/h10-14,16-18,27,30-32,34-35,39H,9,15H2,1-8H3,(H,33,38)/p+1. The van der Waals surface area contributed by atoms with Crippen LogP contribution in [0.15, 0.2) is 47.5 Å². The number of nitrogens with zero attached hydrogens (tertiary/aromatic N) is 2. The molecule has 0 bridgehead atoms. The molecule has 2 atom stereocenters. The zero-order valence-electron chi connectivity index (χ0n) is 24.8. The molecule has 2 aliphatic rings. The second-order valence-corrected chi connectivity index (χ2v) is 12.4. The lowest BCUT2D eigenvalue weighted by molar-refractivity contribution is -0.292. The molecule has 2 unspecified atom stereocenters. The molecule has 0 aromatic heterocycles. The van der Waals surface area contributed by atoms with E-state index in [1.54, 1.807) is 11.2 Å². The second kappa shape index (κ2) is 12.2. The van der Waals surface area contributed by atoms with Gasteiger partial charge in [0, 0.05) is 29.9 Å². The molecule has 1 aromatic rings. The minimum atomic E-state index is -0.863. The number of rotatable bonds is 9. The molecule has 0 fully saturated rings. The van der Waals surface area contributed by atoms with Crippen molar-refractivity contribution >= 4 is 30.0 Å². The molecule has 1 amide bonds. The number of methoxy groups -OCH3 is 1. The minimum Gasteiger partial charge on any atom is -0.491 e. The van der Waals surface area contributed by atoms with E-state index < -0.39 is 6.23 Å². The van der Waals surface area contributed by atoms with Gasteiger partial charge in [0.05, 0.1) is 18.5 Å². The number of hydrogen-bond donors (Lipinski definition) is 7. The van der Waals surface area contributed by atoms with Crippen LogP contribution in [0.1, 0.15) is 60.5 Å². The van der Waals surface area contributed by atoms with Gasteiger partial charge < -0.3 is 26.3 Å². The zero-order chi connectivity index (χ0) is 29.8. The summed E-state index contributed by atoms with van der Waals surface area (Å²) in [6, 6.07) is 3.80. The average molecular weight is 554 g/mol. The monoisotopic (exact) mass is 553 g/mol. The molecule has 1 heterocycles. The Labute approximate surface area is 237 Å². The van der Waals surface area contributed by atoms with Crippen LogP contribution in [0.4, 0.5) is 11.4 Å². The first-order valence-corrected chi connectivity index (χ1v) is 13.4. The summed E-state index contributed by atoms with van der Waals surface area (Å²) in [6.07, 6.45) is 7.70. The number of benzene rings is 1. The van der Waals surface area contributed by atoms with E-state index >= 15 is 0 Å². The first-order chi connectivity index (χ1) is 18.7. The number of amides is 1. The Bertz CT molecular complexity index is 1250. The van der Waals surface area contributed by atoms with E-state index in [4.69, 9.17) is 15.9 Å². The summed E-state index contributed by atoms with van der Waals surface area (Å²) >= 11 is 0. The molecule has 11 nitrogen and oxygen atoms in total. The lowest BCUT2D eigenvalue weighted by atomic mass is 9.86. The van der Waals surface area contributed by atoms with Crippen molar-refractivity contribution in [1.82, 2.24) is 21.3 Å². The molecule has 0 radical (unpaired) electrons. The predicted molar refractivity (Wildman–Crippen MR) is 159 cm³/mol. The number of carbonyl (C=O) groups is 1. The van der Waals surface area contributed by atoms with Crippen molar-refractivity contribution in [2.24, 2.45) is 17.1 Å². The topological polar surface area (TPSA) is 151 Å². The number of carbonyl (C=O) groups excluding carboxylic acids is 1. The highest BCUT2D eigenvalue weighted by Crippen LogP contribution is 2.40. The van der Waals surface area contributed by atoms with E-state index in [-0.39, 0.29) is 22.7 Å². The number of ether oxygens (including phenoxy) is 1. The van der Waals surface area contributed by atoms with Gasteiger partial charge in [-0.25, -0.2) is 4.58 Å². The first-order valence-electron chi connectivity index (χ1n) is 13.4. The van der Waals surface area contributed by atoms with Crippen molar-refractivity contribution in [3.8, 4) is 5.75 Å². The Morgan fingerprint density at radius 1 is 1.32 bits per heavy atom. The maximum absolute atomic E-state index is 13.5. The molecule has 0 saturated carbocycles. The summed E-state index contributed by atoms with van der Waals surface area (Å²) < 4.78 is 7.11. The number of nitrogens with two attached hydrogens (primary N) is 1. The van der Waals surface area contributed by atoms with Gasteiger partial charge in [0.15, 0.2) is 17.8 Å². The molecule has 218 valence electrons. The van der Waals surface area contributed by atoms with Crippen LogP contribution in [-0.2, 0) is 10.2 Å². The van der Waals surface area contributed by atoms with Gasteiger partial charge in [-0.2, -0.15) is 5.41 Å². The number of aliphatic hydroxyl groups excluding tert-OH is 1. The van der Waals surface area contributed by atoms with Gasteiger partial charge in [-0.3, -0.25) is 15.1 Å². The van der Waals surface area contributed by atoms with Gasteiger partial charge in [-0.1, -0.05) is 54.5 Å². The van der Waals surface area contributed by atoms with E-state index in [9.17, 15) is 9.90 Å². The van der Waals surface area contributed by atoms with Gasteiger partial charge in [0.1, 0.15) is 6.23 Å². The molecule has 1 aromatic carbocycles. The number of anilines is 1. The number of hydrazine groups is 2. The summed E-state index contributed by atoms with van der Waals surface area (Å²) in [5.41, 5.74) is 15.6. The first kappa shape index (κ1) is 30.9. The maximum Gasteiger partial charge on any atom is 0.255 e. The van der Waals surface area contributed by atoms with E-state index in [1.165, 1.54) is 18.0 Å². The van der Waals surface area contributed by atoms with E-state index in [0.29, 0.717) is 41.4 Å². The zero-order valence-corrected chi connectivity index (χ0v) is 24.8. The fraction of sp³-hybridized carbons (Fsp3) is 0.483. The number of nitrogens with one attached hydrogen (secondary N) is 5. The highest BCUT2D eigenvalue weighted by Gasteiger charge is 2.28. The van der Waals surface area contributed by atoms with Crippen molar-refractivity contribution in [2.75, 3.05) is 19.0 Å². The SMILES string of the molecule is COc1c(NC(=O)C2=CCC(C)C(N3C=C(C(O)NCC(C)(C)C)NN3)=C2)cc(C(C)(C)C)cc1[N+](C=N)=CN. The molecule has 1 aliphatic heterocycles. The summed E-state index contributed by atoms with van der Waals surface area (Å²) in [5, 5.41) is 26.3. The predicted octanol–water partition coefficient (Wildman–Crippen LogP) is 3.14. The lowest BCUT2D eigenvalue weighted by Crippen LogP contribution is -2.43. The molecular weight excluding hydrogens is 508 g/mol. The number of aliphatic hydroxyl groups is 1. The minimum absolute atomic E-state index is 0.0247. The lowest BCUT2D eigenvalue weighted by Gasteiger charge is -2.27. The van der Waals surface area contributed by atoms with E-state index in [2.05, 4.69) is 70.1 Å². The van der Waals surface area contributed by atoms with Crippen LogP contribution >= 0.6 is 0 Å². The molecule has 8 N–H and O–H groups in total. The Balaban J connectivity index is 1.89. The van der Waals surface area contributed by atoms with E-state index in [1.807, 2.05) is 24.3 Å². The van der Waals surface area contributed by atoms with Crippen molar-refractivity contribution in [2.45, 2.75) is 66.5 Å². The molecule has 0 spiro atoms. The molecule has 1 aliphatic carbocycles. The molecule has 40 heavy (non-hydrogen) atoms. The van der Waals surface area contributed by atoms with Crippen LogP contribution in [0.2, 0.25) is 0 Å². The van der Waals surface area contributed by atoms with Gasteiger partial charge in [-0.05, 0) is 41.0 Å². The average Bonchev–Trinajstić information content (AvgIpc) is 3.37. The smallest absolute Gasteiger partial charge is 0.255 e. The maximum atomic E-state index is 13.5. The molecule has 3 rings (SSSR count). The fourth-order valence-corrected chi connectivity index (χ4v) is 4.30. The molecule has 11 heteroatoms. The largest absolute Gasteiger partial charge is 0.491 e. The Kier molecular flexibility index (Phi) is 9.44. The fourth-order valence-electron chi connectivity index (χ4n) is 4.30. The summed E-state index contributed by atoms with van der Waals surface area (Å²) in [5.74, 6) is 0.240. The Morgan fingerprint density at radius 3 is 2.60 bits per heavy atom. The van der Waals surface area contributed by atoms with Gasteiger partial charge in [0.2, 0.25) is 6.34 Å². The molecular formula is C29H45N8O3+. The quantitative estimate of drug-likeness (QED) is 0.107. The number of hydrogen-bond acceptors (Lipinski definition) is 8.